The van der Waals surface area contributed by atoms with Crippen LogP contribution in [0.3, 0.4) is 0 Å². The fraction of sp³-hybridized carbons (Fsp3) is 0.571. The van der Waals surface area contributed by atoms with E-state index in [1.165, 1.54) is 48.3 Å². The molecule has 0 bridgehead atoms. The molecule has 1 aliphatic carbocycles. The molecule has 2 aromatic heterocycles. The summed E-state index contributed by atoms with van der Waals surface area (Å²) in [5, 5.41) is 18.3. The zero-order valence-corrected chi connectivity index (χ0v) is 21.3. The van der Waals surface area contributed by atoms with Crippen molar-refractivity contribution < 1.29 is 9.84 Å². The summed E-state index contributed by atoms with van der Waals surface area (Å²) in [7, 11) is 1.70. The second-order valence-corrected chi connectivity index (χ2v) is 10.4. The summed E-state index contributed by atoms with van der Waals surface area (Å²) < 4.78 is 7.34. The van der Waals surface area contributed by atoms with Crippen molar-refractivity contribution in [2.45, 2.75) is 76.5 Å². The Bertz CT molecular complexity index is 1110. The van der Waals surface area contributed by atoms with Gasteiger partial charge >= 0.3 is 0 Å². The van der Waals surface area contributed by atoms with Crippen LogP contribution in [0.5, 0.6) is 0 Å². The minimum Gasteiger partial charge on any atom is -0.393 e. The van der Waals surface area contributed by atoms with Crippen molar-refractivity contribution in [1.29, 1.82) is 0 Å². The Morgan fingerprint density at radius 1 is 1.09 bits per heavy atom. The van der Waals surface area contributed by atoms with Crippen LogP contribution in [0.15, 0.2) is 36.5 Å². The molecule has 1 aromatic carbocycles. The molecule has 2 aliphatic rings. The van der Waals surface area contributed by atoms with Crippen LogP contribution >= 0.6 is 0 Å². The lowest BCUT2D eigenvalue weighted by Gasteiger charge is -2.25. The zero-order valence-electron chi connectivity index (χ0n) is 21.3. The van der Waals surface area contributed by atoms with E-state index in [9.17, 15) is 5.11 Å². The molecule has 3 aromatic rings. The van der Waals surface area contributed by atoms with Crippen LogP contribution in [0.1, 0.15) is 75.6 Å². The molecule has 7 heteroatoms. The van der Waals surface area contributed by atoms with E-state index in [4.69, 9.17) is 9.84 Å². The Morgan fingerprint density at radius 3 is 2.49 bits per heavy atom. The molecule has 35 heavy (non-hydrogen) atoms. The van der Waals surface area contributed by atoms with E-state index >= 15 is 0 Å². The number of aliphatic hydroxyl groups excluding tert-OH is 1. The highest BCUT2D eigenvalue weighted by molar-refractivity contribution is 5.81. The summed E-state index contributed by atoms with van der Waals surface area (Å²) in [6.45, 7) is 7.36. The van der Waals surface area contributed by atoms with Crippen LogP contribution < -0.4 is 5.32 Å². The lowest BCUT2D eigenvalue weighted by Crippen LogP contribution is -2.23. The number of benzene rings is 1. The highest BCUT2D eigenvalue weighted by atomic mass is 16.5. The van der Waals surface area contributed by atoms with Gasteiger partial charge in [0.15, 0.2) is 0 Å². The Morgan fingerprint density at radius 2 is 1.80 bits per heavy atom. The summed E-state index contributed by atoms with van der Waals surface area (Å²) in [6, 6.07) is 11.9. The lowest BCUT2D eigenvalue weighted by molar-refractivity contribution is 0.121. The molecule has 188 valence electrons. The quantitative estimate of drug-likeness (QED) is 0.475. The molecule has 0 amide bonds. The number of aromatic nitrogens is 3. The molecule has 7 nitrogen and oxygen atoms in total. The highest BCUT2D eigenvalue weighted by Gasteiger charge is 2.26. The van der Waals surface area contributed by atoms with Crippen molar-refractivity contribution in [1.82, 2.24) is 19.5 Å². The molecule has 1 aliphatic heterocycles. The molecule has 1 saturated carbocycles. The predicted molar refractivity (Wildman–Crippen MR) is 140 cm³/mol. The van der Waals surface area contributed by atoms with Crippen LogP contribution in [0.2, 0.25) is 0 Å². The van der Waals surface area contributed by atoms with Crippen LogP contribution in [-0.4, -0.2) is 63.6 Å². The molecule has 3 heterocycles. The third kappa shape index (κ3) is 5.22. The van der Waals surface area contributed by atoms with Gasteiger partial charge in [0.25, 0.3) is 0 Å². The molecule has 1 saturated heterocycles. The van der Waals surface area contributed by atoms with Gasteiger partial charge in [-0.25, -0.2) is 9.50 Å². The maximum Gasteiger partial charge on any atom is 0.241 e. The normalized spacial score (nSPS) is 23.0. The van der Waals surface area contributed by atoms with Gasteiger partial charge in [0.2, 0.25) is 5.95 Å². The Hall–Kier alpha value is -2.48. The number of likely N-dealkylation sites (tertiary alicyclic amines) is 1. The second-order valence-electron chi connectivity index (χ2n) is 10.4. The monoisotopic (exact) mass is 477 g/mol. The van der Waals surface area contributed by atoms with Gasteiger partial charge in [-0.15, -0.1) is 5.10 Å². The number of rotatable bonds is 8. The van der Waals surface area contributed by atoms with Crippen molar-refractivity contribution in [3.63, 3.8) is 0 Å². The van der Waals surface area contributed by atoms with Gasteiger partial charge in [-0.3, -0.25) is 4.90 Å². The van der Waals surface area contributed by atoms with Gasteiger partial charge in [-0.2, -0.15) is 0 Å². The van der Waals surface area contributed by atoms with Crippen molar-refractivity contribution in [3.05, 3.63) is 47.8 Å². The minimum atomic E-state index is -0.177. The third-order valence-electron chi connectivity index (χ3n) is 7.84. The van der Waals surface area contributed by atoms with Crippen molar-refractivity contribution in [3.8, 4) is 11.1 Å². The Balaban J connectivity index is 1.48. The van der Waals surface area contributed by atoms with E-state index in [0.29, 0.717) is 24.5 Å². The molecule has 2 atom stereocenters. The fourth-order valence-electron chi connectivity index (χ4n) is 5.77. The van der Waals surface area contributed by atoms with Crippen LogP contribution in [0, 0.1) is 0 Å². The number of hydrogen-bond donors (Lipinski definition) is 2. The Kier molecular flexibility index (Phi) is 7.37. The number of nitrogens with one attached hydrogen (secondary N) is 1. The van der Waals surface area contributed by atoms with Gasteiger partial charge in [-0.1, -0.05) is 24.3 Å². The number of aliphatic hydroxyl groups is 1. The van der Waals surface area contributed by atoms with Crippen LogP contribution in [0.25, 0.3) is 16.6 Å². The van der Waals surface area contributed by atoms with E-state index in [2.05, 4.69) is 63.9 Å². The van der Waals surface area contributed by atoms with Crippen LogP contribution in [0.4, 0.5) is 5.95 Å². The third-order valence-corrected chi connectivity index (χ3v) is 7.84. The minimum absolute atomic E-state index is 0.117. The number of nitrogens with zero attached hydrogens (tertiary/aromatic N) is 4. The molecule has 5 rings (SSSR count). The zero-order chi connectivity index (χ0) is 24.4. The first-order valence-corrected chi connectivity index (χ1v) is 13.2. The number of ether oxygens (including phenoxy) is 1. The predicted octanol–water partition coefficient (Wildman–Crippen LogP) is 5.02. The first-order chi connectivity index (χ1) is 17.0. The second kappa shape index (κ2) is 10.6. The fourth-order valence-corrected chi connectivity index (χ4v) is 5.77. The molecule has 0 spiro atoms. The summed E-state index contributed by atoms with van der Waals surface area (Å²) in [5.74, 6) is 0.990. The van der Waals surface area contributed by atoms with Gasteiger partial charge in [0.1, 0.15) is 0 Å². The van der Waals surface area contributed by atoms with E-state index < -0.39 is 0 Å². The number of anilines is 1. The molecule has 0 unspecified atom stereocenters. The van der Waals surface area contributed by atoms with E-state index in [1.807, 2.05) is 6.20 Å². The van der Waals surface area contributed by atoms with Crippen molar-refractivity contribution in [2.75, 3.05) is 32.1 Å². The van der Waals surface area contributed by atoms with Crippen molar-refractivity contribution in [2.24, 2.45) is 0 Å². The van der Waals surface area contributed by atoms with E-state index in [-0.39, 0.29) is 12.1 Å². The molecular weight excluding hydrogens is 438 g/mol. The summed E-state index contributed by atoms with van der Waals surface area (Å²) in [6.07, 6.45) is 8.02. The van der Waals surface area contributed by atoms with Gasteiger partial charge < -0.3 is 15.2 Å². The number of fused-ring (bicyclic) bond motifs is 1. The Labute approximate surface area is 208 Å². The SMILES string of the molecule is COC[C@H](C)Nc1ncc2c(-c3ccc([C@H](C)N4CCCC4)cc3)cc(C3CCC(O)CC3)n2n1. The number of hydrogen-bond acceptors (Lipinski definition) is 6. The lowest BCUT2D eigenvalue weighted by atomic mass is 9.85. The molecule has 0 radical (unpaired) electrons. The van der Waals surface area contributed by atoms with E-state index in [0.717, 1.165) is 31.2 Å². The standard InChI is InChI=1S/C28H39N5O2/c1-19(18-35-3)30-28-29-17-27-25(16-26(33(27)31-28)23-10-12-24(34)13-11-23)22-8-6-21(7-9-22)20(2)32-14-4-5-15-32/h6-9,16-17,19-20,23-24,34H,4-5,10-15,18H2,1-3H3,(H,30,31)/t19-,20-,23?,24?/m0/s1. The number of methoxy groups -OCH3 is 1. The molecule has 2 N–H and O–H groups in total. The summed E-state index contributed by atoms with van der Waals surface area (Å²) in [4.78, 5) is 7.21. The van der Waals surface area contributed by atoms with Gasteiger partial charge in [0.05, 0.1) is 24.4 Å². The van der Waals surface area contributed by atoms with Gasteiger partial charge in [0, 0.05) is 36.4 Å². The first kappa shape index (κ1) is 24.2. The maximum absolute atomic E-state index is 10.1. The molecular formula is C28H39N5O2. The first-order valence-electron chi connectivity index (χ1n) is 13.2. The highest BCUT2D eigenvalue weighted by Crippen LogP contribution is 2.38. The average molecular weight is 478 g/mol. The van der Waals surface area contributed by atoms with E-state index in [1.54, 1.807) is 7.11 Å². The van der Waals surface area contributed by atoms with Crippen LogP contribution in [-0.2, 0) is 4.74 Å². The maximum atomic E-state index is 10.1. The smallest absolute Gasteiger partial charge is 0.241 e. The topological polar surface area (TPSA) is 74.9 Å². The largest absolute Gasteiger partial charge is 0.393 e. The summed E-state index contributed by atoms with van der Waals surface area (Å²) in [5.41, 5.74) is 5.97. The molecule has 2 fully saturated rings. The average Bonchev–Trinajstić information content (AvgIpc) is 3.53. The van der Waals surface area contributed by atoms with Gasteiger partial charge in [-0.05, 0) is 82.7 Å². The summed E-state index contributed by atoms with van der Waals surface area (Å²) >= 11 is 0. The van der Waals surface area contributed by atoms with Crippen molar-refractivity contribution >= 4 is 11.5 Å².